The van der Waals surface area contributed by atoms with Crippen molar-refractivity contribution in [2.24, 2.45) is 0 Å². The van der Waals surface area contributed by atoms with Gasteiger partial charge in [0.15, 0.2) is 0 Å². The summed E-state index contributed by atoms with van der Waals surface area (Å²) in [7, 11) is 1.97. The number of halogens is 1. The molecule has 2 nitrogen and oxygen atoms in total. The van der Waals surface area contributed by atoms with Crippen LogP contribution in [0.2, 0.25) is 5.02 Å². The highest BCUT2D eigenvalue weighted by Gasteiger charge is 2.17. The normalized spacial score (nSPS) is 12.5. The minimum Gasteiger partial charge on any atom is -0.309 e. The molecule has 0 saturated carbocycles. The van der Waals surface area contributed by atoms with E-state index in [1.165, 1.54) is 22.1 Å². The summed E-state index contributed by atoms with van der Waals surface area (Å²) in [6.45, 7) is 2.11. The molecule has 0 fully saturated rings. The van der Waals surface area contributed by atoms with Crippen molar-refractivity contribution >= 4 is 22.4 Å². The highest BCUT2D eigenvalue weighted by molar-refractivity contribution is 6.30. The van der Waals surface area contributed by atoms with Gasteiger partial charge in [0, 0.05) is 22.8 Å². The zero-order chi connectivity index (χ0) is 14.8. The first-order valence-electron chi connectivity index (χ1n) is 6.96. The Morgan fingerprint density at radius 2 is 1.86 bits per heavy atom. The lowest BCUT2D eigenvalue weighted by atomic mass is 9.93. The lowest BCUT2D eigenvalue weighted by Gasteiger charge is -2.21. The monoisotopic (exact) mass is 296 g/mol. The number of nitrogens with zero attached hydrogens (tertiary/aromatic N) is 1. The topological polar surface area (TPSA) is 24.9 Å². The zero-order valence-electron chi connectivity index (χ0n) is 12.1. The van der Waals surface area contributed by atoms with Crippen molar-refractivity contribution in [1.82, 2.24) is 10.3 Å². The Balaban J connectivity index is 2.21. The molecule has 1 N–H and O–H groups in total. The van der Waals surface area contributed by atoms with Crippen molar-refractivity contribution in [2.45, 2.75) is 13.0 Å². The van der Waals surface area contributed by atoms with Gasteiger partial charge in [-0.05, 0) is 48.2 Å². The second kappa shape index (κ2) is 5.84. The Morgan fingerprint density at radius 1 is 1.05 bits per heavy atom. The molecule has 1 aromatic heterocycles. The molecule has 106 valence electrons. The highest BCUT2D eigenvalue weighted by Crippen LogP contribution is 2.31. The molecule has 3 heteroatoms. The van der Waals surface area contributed by atoms with Gasteiger partial charge < -0.3 is 5.32 Å². The summed E-state index contributed by atoms with van der Waals surface area (Å²) in [5, 5.41) is 6.51. The Labute approximate surface area is 129 Å². The van der Waals surface area contributed by atoms with Crippen LogP contribution in [0.15, 0.2) is 54.9 Å². The SMILES string of the molecule is CNC(c1cc(Cl)ccc1C)c1cncc2ccccc12. The maximum atomic E-state index is 6.18. The number of hydrogen-bond acceptors (Lipinski definition) is 2. The number of hydrogen-bond donors (Lipinski definition) is 1. The van der Waals surface area contributed by atoms with E-state index in [0.717, 1.165) is 10.4 Å². The van der Waals surface area contributed by atoms with Gasteiger partial charge in [0.2, 0.25) is 0 Å². The fourth-order valence-electron chi connectivity index (χ4n) is 2.77. The van der Waals surface area contributed by atoms with Gasteiger partial charge in [0.1, 0.15) is 0 Å². The van der Waals surface area contributed by atoms with Crippen LogP contribution >= 0.6 is 11.6 Å². The average molecular weight is 297 g/mol. The third kappa shape index (κ3) is 2.65. The summed E-state index contributed by atoms with van der Waals surface area (Å²) >= 11 is 6.18. The van der Waals surface area contributed by atoms with Crippen LogP contribution in [-0.2, 0) is 0 Å². The van der Waals surface area contributed by atoms with Crippen LogP contribution in [0.3, 0.4) is 0 Å². The maximum absolute atomic E-state index is 6.18. The van der Waals surface area contributed by atoms with Gasteiger partial charge >= 0.3 is 0 Å². The second-order valence-corrected chi connectivity index (χ2v) is 5.61. The van der Waals surface area contributed by atoms with Crippen molar-refractivity contribution in [3.05, 3.63) is 76.6 Å². The van der Waals surface area contributed by atoms with Crippen LogP contribution < -0.4 is 5.32 Å². The summed E-state index contributed by atoms with van der Waals surface area (Å²) < 4.78 is 0. The van der Waals surface area contributed by atoms with E-state index in [4.69, 9.17) is 11.6 Å². The van der Waals surface area contributed by atoms with E-state index < -0.39 is 0 Å². The van der Waals surface area contributed by atoms with Crippen LogP contribution in [0.4, 0.5) is 0 Å². The fourth-order valence-corrected chi connectivity index (χ4v) is 2.95. The molecule has 1 atom stereocenters. The molecular formula is C18H17ClN2. The largest absolute Gasteiger partial charge is 0.309 e. The molecule has 0 radical (unpaired) electrons. The molecule has 2 aromatic carbocycles. The van der Waals surface area contributed by atoms with Gasteiger partial charge in [-0.15, -0.1) is 0 Å². The fraction of sp³-hybridized carbons (Fsp3) is 0.167. The van der Waals surface area contributed by atoms with Crippen molar-refractivity contribution in [1.29, 1.82) is 0 Å². The van der Waals surface area contributed by atoms with Crippen LogP contribution in [0.25, 0.3) is 10.8 Å². The number of nitrogens with one attached hydrogen (secondary N) is 1. The number of pyridine rings is 1. The Morgan fingerprint density at radius 3 is 2.67 bits per heavy atom. The molecule has 0 bridgehead atoms. The highest BCUT2D eigenvalue weighted by atomic mass is 35.5. The second-order valence-electron chi connectivity index (χ2n) is 5.17. The van der Waals surface area contributed by atoms with Gasteiger partial charge in [-0.3, -0.25) is 4.98 Å². The molecule has 1 unspecified atom stereocenters. The van der Waals surface area contributed by atoms with E-state index in [9.17, 15) is 0 Å². The smallest absolute Gasteiger partial charge is 0.0598 e. The predicted octanol–water partition coefficient (Wildman–Crippen LogP) is 4.51. The molecule has 21 heavy (non-hydrogen) atoms. The van der Waals surface area contributed by atoms with Crippen molar-refractivity contribution < 1.29 is 0 Å². The maximum Gasteiger partial charge on any atom is 0.0598 e. The Kier molecular flexibility index (Phi) is 3.91. The van der Waals surface area contributed by atoms with Crippen molar-refractivity contribution in [3.8, 4) is 0 Å². The van der Waals surface area contributed by atoms with Crippen molar-refractivity contribution in [2.75, 3.05) is 7.05 Å². The van der Waals surface area contributed by atoms with Gasteiger partial charge in [-0.25, -0.2) is 0 Å². The van der Waals surface area contributed by atoms with Crippen LogP contribution in [0.1, 0.15) is 22.7 Å². The van der Waals surface area contributed by atoms with Gasteiger partial charge in [0.25, 0.3) is 0 Å². The van der Waals surface area contributed by atoms with Crippen molar-refractivity contribution in [3.63, 3.8) is 0 Å². The first kappa shape index (κ1) is 14.1. The molecule has 3 rings (SSSR count). The van der Waals surface area contributed by atoms with E-state index >= 15 is 0 Å². The molecular weight excluding hydrogens is 280 g/mol. The first-order chi connectivity index (χ1) is 10.2. The number of benzene rings is 2. The van der Waals surface area contributed by atoms with E-state index in [-0.39, 0.29) is 6.04 Å². The van der Waals surface area contributed by atoms with E-state index in [2.05, 4.69) is 41.5 Å². The Hall–Kier alpha value is -1.90. The van der Waals surface area contributed by atoms with Crippen LogP contribution in [0.5, 0.6) is 0 Å². The summed E-state index contributed by atoms with van der Waals surface area (Å²) in [4.78, 5) is 4.39. The quantitative estimate of drug-likeness (QED) is 0.769. The summed E-state index contributed by atoms with van der Waals surface area (Å²) in [6.07, 6.45) is 3.83. The van der Waals surface area contributed by atoms with Crippen LogP contribution in [-0.4, -0.2) is 12.0 Å². The molecule has 0 aliphatic heterocycles. The van der Waals surface area contributed by atoms with E-state index in [0.29, 0.717) is 0 Å². The summed E-state index contributed by atoms with van der Waals surface area (Å²) in [5.41, 5.74) is 3.57. The molecule has 3 aromatic rings. The number of fused-ring (bicyclic) bond motifs is 1. The average Bonchev–Trinajstić information content (AvgIpc) is 2.51. The predicted molar refractivity (Wildman–Crippen MR) is 88.8 cm³/mol. The number of aromatic nitrogens is 1. The van der Waals surface area contributed by atoms with E-state index in [1.807, 2.05) is 37.6 Å². The lowest BCUT2D eigenvalue weighted by molar-refractivity contribution is 0.690. The minimum absolute atomic E-state index is 0.0716. The molecule has 0 spiro atoms. The molecule has 0 aliphatic carbocycles. The standard InChI is InChI=1S/C18H17ClN2/c1-12-7-8-14(19)9-16(12)18(20-2)17-11-21-10-13-5-3-4-6-15(13)17/h3-11,18,20H,1-2H3. The summed E-state index contributed by atoms with van der Waals surface area (Å²) in [6, 6.07) is 14.4. The Bertz CT molecular complexity index is 778. The van der Waals surface area contributed by atoms with Gasteiger partial charge in [-0.2, -0.15) is 0 Å². The molecule has 0 saturated heterocycles. The number of aryl methyl sites for hydroxylation is 1. The zero-order valence-corrected chi connectivity index (χ0v) is 12.9. The van der Waals surface area contributed by atoms with Gasteiger partial charge in [0.05, 0.1) is 6.04 Å². The summed E-state index contributed by atoms with van der Waals surface area (Å²) in [5.74, 6) is 0. The molecule has 1 heterocycles. The minimum atomic E-state index is 0.0716. The first-order valence-corrected chi connectivity index (χ1v) is 7.34. The van der Waals surface area contributed by atoms with Crippen LogP contribution in [0, 0.1) is 6.92 Å². The van der Waals surface area contributed by atoms with E-state index in [1.54, 1.807) is 0 Å². The molecule has 0 aliphatic rings. The van der Waals surface area contributed by atoms with Gasteiger partial charge in [-0.1, -0.05) is 41.9 Å². The molecule has 0 amide bonds. The number of rotatable bonds is 3. The lowest BCUT2D eigenvalue weighted by Crippen LogP contribution is -2.19. The third-order valence-corrected chi connectivity index (χ3v) is 4.09. The third-order valence-electron chi connectivity index (χ3n) is 3.85.